The maximum Gasteiger partial charge on any atom is 0.174 e. The van der Waals surface area contributed by atoms with Gasteiger partial charge in [-0.15, -0.1) is 0 Å². The molecule has 4 heteroatoms. The fourth-order valence-electron chi connectivity index (χ4n) is 4.85. The fourth-order valence-corrected chi connectivity index (χ4v) is 4.85. The summed E-state index contributed by atoms with van der Waals surface area (Å²) in [5, 5.41) is 3.95. The highest BCUT2D eigenvalue weighted by atomic mass is 16.6. The second-order valence-electron chi connectivity index (χ2n) is 8.14. The lowest BCUT2D eigenvalue weighted by molar-refractivity contribution is -0.123. The van der Waals surface area contributed by atoms with Crippen LogP contribution in [0.3, 0.4) is 0 Å². The van der Waals surface area contributed by atoms with Gasteiger partial charge >= 0.3 is 0 Å². The van der Waals surface area contributed by atoms with Crippen molar-refractivity contribution in [2.75, 3.05) is 7.11 Å². The van der Waals surface area contributed by atoms with Crippen LogP contribution in [0.15, 0.2) is 28.4 Å². The molecule has 0 radical (unpaired) electrons. The van der Waals surface area contributed by atoms with Crippen molar-refractivity contribution in [2.24, 2.45) is 11.1 Å². The summed E-state index contributed by atoms with van der Waals surface area (Å²) in [6, 6.07) is 4.28. The first-order chi connectivity index (χ1) is 13.4. The number of ketones is 2. The third kappa shape index (κ3) is 3.69. The molecule has 150 valence electrons. The van der Waals surface area contributed by atoms with Gasteiger partial charge in [-0.1, -0.05) is 36.7 Å². The molecule has 0 fully saturated rings. The predicted octanol–water partition coefficient (Wildman–Crippen LogP) is 4.86. The molecule has 28 heavy (non-hydrogen) atoms. The zero-order valence-corrected chi connectivity index (χ0v) is 17.7. The van der Waals surface area contributed by atoms with Gasteiger partial charge in [0.25, 0.3) is 0 Å². The number of allylic oxidation sites excluding steroid dienone is 2. The van der Waals surface area contributed by atoms with E-state index in [4.69, 9.17) is 4.84 Å². The van der Waals surface area contributed by atoms with E-state index in [0.29, 0.717) is 5.92 Å². The van der Waals surface area contributed by atoms with Crippen molar-refractivity contribution in [3.8, 4) is 0 Å². The van der Waals surface area contributed by atoms with Gasteiger partial charge in [0.15, 0.2) is 11.6 Å². The molecular weight excluding hydrogens is 350 g/mol. The summed E-state index contributed by atoms with van der Waals surface area (Å²) in [6.45, 7) is 8.23. The highest BCUT2D eigenvalue weighted by molar-refractivity contribution is 6.28. The maximum absolute atomic E-state index is 13.3. The number of carbonyl (C=O) groups is 2. The molecule has 1 aromatic rings. The highest BCUT2D eigenvalue weighted by Crippen LogP contribution is 2.46. The number of benzene rings is 1. The smallest absolute Gasteiger partial charge is 0.174 e. The fraction of sp³-hybridized carbons (Fsp3) is 0.542. The average molecular weight is 382 g/mol. The highest BCUT2D eigenvalue weighted by Gasteiger charge is 2.46. The number of aryl methyl sites for hydroxylation is 3. The maximum atomic E-state index is 13.3. The van der Waals surface area contributed by atoms with E-state index in [1.807, 2.05) is 6.92 Å². The number of nitrogens with zero attached hydrogens (tertiary/aromatic N) is 1. The number of hydrogen-bond donors (Lipinski definition) is 0. The summed E-state index contributed by atoms with van der Waals surface area (Å²) < 4.78 is 0. The van der Waals surface area contributed by atoms with E-state index in [1.165, 1.54) is 5.56 Å². The molecule has 0 saturated carbocycles. The van der Waals surface area contributed by atoms with Crippen molar-refractivity contribution in [2.45, 2.75) is 72.1 Å². The van der Waals surface area contributed by atoms with Gasteiger partial charge in [-0.05, 0) is 75.0 Å². The average Bonchev–Trinajstić information content (AvgIpc) is 3.19. The Hall–Kier alpha value is -2.23. The van der Waals surface area contributed by atoms with E-state index in [0.717, 1.165) is 72.1 Å². The molecule has 0 aromatic heterocycles. The lowest BCUT2D eigenvalue weighted by Gasteiger charge is -2.21. The minimum atomic E-state index is -0.603. The molecule has 0 aliphatic heterocycles. The Morgan fingerprint density at radius 2 is 1.61 bits per heavy atom. The van der Waals surface area contributed by atoms with Crippen molar-refractivity contribution in [3.63, 3.8) is 0 Å². The van der Waals surface area contributed by atoms with Crippen molar-refractivity contribution in [3.05, 3.63) is 45.5 Å². The largest absolute Gasteiger partial charge is 0.399 e. The van der Waals surface area contributed by atoms with Crippen LogP contribution >= 0.6 is 0 Å². The Bertz CT molecular complexity index is 810. The Kier molecular flexibility index (Phi) is 6.17. The zero-order chi connectivity index (χ0) is 20.4. The summed E-state index contributed by atoms with van der Waals surface area (Å²) in [6.07, 6.45) is 4.90. The number of carbonyl (C=O) groups excluding carboxylic acids is 2. The number of rotatable bonds is 7. The van der Waals surface area contributed by atoms with Crippen molar-refractivity contribution in [1.29, 1.82) is 0 Å². The normalized spacial score (nSPS) is 18.4. The molecule has 1 aromatic carbocycles. The van der Waals surface area contributed by atoms with Gasteiger partial charge in [-0.3, -0.25) is 9.59 Å². The molecule has 2 aliphatic rings. The predicted molar refractivity (Wildman–Crippen MR) is 112 cm³/mol. The molecule has 0 heterocycles. The van der Waals surface area contributed by atoms with E-state index in [1.54, 1.807) is 7.11 Å². The molecule has 2 aliphatic carbocycles. The number of Topliss-reactive ketones (excluding diaryl/α,β-unsaturated/α-hetero) is 2. The molecule has 3 rings (SSSR count). The molecule has 0 unspecified atom stereocenters. The first-order valence-corrected chi connectivity index (χ1v) is 10.4. The third-order valence-electron chi connectivity index (χ3n) is 6.18. The van der Waals surface area contributed by atoms with Gasteiger partial charge in [0, 0.05) is 11.1 Å². The van der Waals surface area contributed by atoms with Crippen LogP contribution < -0.4 is 0 Å². The first kappa shape index (κ1) is 20.5. The summed E-state index contributed by atoms with van der Waals surface area (Å²) in [5.74, 6) is -0.139. The lowest BCUT2D eigenvalue weighted by atomic mass is 9.81. The summed E-state index contributed by atoms with van der Waals surface area (Å²) in [7, 11) is 1.55. The first-order valence-electron chi connectivity index (χ1n) is 10.4. The second kappa shape index (κ2) is 8.42. The van der Waals surface area contributed by atoms with E-state index >= 15 is 0 Å². The summed E-state index contributed by atoms with van der Waals surface area (Å²) >= 11 is 0. The zero-order valence-electron chi connectivity index (χ0n) is 17.7. The van der Waals surface area contributed by atoms with Crippen LogP contribution in [0.2, 0.25) is 0 Å². The molecule has 0 amide bonds. The number of oxime groups is 1. The Balaban J connectivity index is 1.82. The molecule has 0 spiro atoms. The van der Waals surface area contributed by atoms with Crippen LogP contribution in [0.25, 0.3) is 0 Å². The van der Waals surface area contributed by atoms with E-state index in [-0.39, 0.29) is 11.6 Å². The van der Waals surface area contributed by atoms with Crippen LogP contribution in [-0.2, 0) is 27.3 Å². The molecule has 0 atom stereocenters. The molecule has 4 nitrogen and oxygen atoms in total. The molecule has 0 N–H and O–H groups in total. The van der Waals surface area contributed by atoms with Crippen molar-refractivity contribution in [1.82, 2.24) is 0 Å². The van der Waals surface area contributed by atoms with Crippen LogP contribution in [-0.4, -0.2) is 24.4 Å². The van der Waals surface area contributed by atoms with Gasteiger partial charge in [-0.2, -0.15) is 0 Å². The number of hydrogen-bond acceptors (Lipinski definition) is 4. The van der Waals surface area contributed by atoms with Gasteiger partial charge in [-0.25, -0.2) is 0 Å². The monoisotopic (exact) mass is 381 g/mol. The van der Waals surface area contributed by atoms with Crippen LogP contribution in [0.1, 0.15) is 74.6 Å². The van der Waals surface area contributed by atoms with Gasteiger partial charge in [0.1, 0.15) is 13.0 Å². The quantitative estimate of drug-likeness (QED) is 0.385. The lowest BCUT2D eigenvalue weighted by Crippen LogP contribution is -2.21. The topological polar surface area (TPSA) is 55.7 Å². The van der Waals surface area contributed by atoms with Gasteiger partial charge < -0.3 is 4.84 Å². The second-order valence-corrected chi connectivity index (χ2v) is 8.14. The van der Waals surface area contributed by atoms with E-state index in [2.05, 4.69) is 38.1 Å². The Morgan fingerprint density at radius 1 is 1.07 bits per heavy atom. The third-order valence-corrected chi connectivity index (χ3v) is 6.18. The Morgan fingerprint density at radius 3 is 2.07 bits per heavy atom. The minimum absolute atomic E-state index is 0.0537. The Labute approximate surface area is 168 Å². The van der Waals surface area contributed by atoms with Crippen molar-refractivity contribution < 1.29 is 14.4 Å². The standard InChI is InChI=1S/C24H31NO3/c1-6-17-10-14(3)11-18(7-2)21(17)22-23(26)19-12-16(13-20(19)24(22)27)9-8-15(4)25-28-5/h10-11,16,22H,6-9,12-13H2,1-5H3. The van der Waals surface area contributed by atoms with Crippen molar-refractivity contribution >= 4 is 17.3 Å². The van der Waals surface area contributed by atoms with Gasteiger partial charge in [0.05, 0.1) is 5.71 Å². The summed E-state index contributed by atoms with van der Waals surface area (Å²) in [4.78, 5) is 31.4. The van der Waals surface area contributed by atoms with Crippen LogP contribution in [0.4, 0.5) is 0 Å². The summed E-state index contributed by atoms with van der Waals surface area (Å²) in [5.41, 5.74) is 7.02. The van der Waals surface area contributed by atoms with Gasteiger partial charge in [0.2, 0.25) is 0 Å². The van der Waals surface area contributed by atoms with Crippen LogP contribution in [0.5, 0.6) is 0 Å². The van der Waals surface area contributed by atoms with E-state index in [9.17, 15) is 9.59 Å². The molecule has 0 bridgehead atoms. The molecule has 0 saturated heterocycles. The van der Waals surface area contributed by atoms with E-state index < -0.39 is 5.92 Å². The SMILES string of the molecule is CCc1cc(C)cc(CC)c1C1C(=O)C2=C(CC(CCC(C)=NOC)C2)C1=O. The minimum Gasteiger partial charge on any atom is -0.399 e. The molecular formula is C24H31NO3. The van der Waals surface area contributed by atoms with Crippen LogP contribution in [0, 0.1) is 12.8 Å².